The molecule has 1 aromatic rings. The summed E-state index contributed by atoms with van der Waals surface area (Å²) in [6, 6.07) is 6.53. The maximum Gasteiger partial charge on any atom is 0.0642 e. The molecule has 0 unspecified atom stereocenters. The number of nitrogens with two attached hydrogens (primary N) is 1. The maximum absolute atomic E-state index is 6.42. The van der Waals surface area contributed by atoms with Crippen LogP contribution in [0.5, 0.6) is 0 Å². The first-order chi connectivity index (χ1) is 8.25. The van der Waals surface area contributed by atoms with E-state index < -0.39 is 0 Å². The molecule has 0 amide bonds. The molecule has 1 saturated carbocycles. The molecule has 2 aliphatic rings. The van der Waals surface area contributed by atoms with E-state index in [-0.39, 0.29) is 5.41 Å². The normalized spacial score (nSPS) is 21.9. The van der Waals surface area contributed by atoms with Gasteiger partial charge in [-0.2, -0.15) is 0 Å². The topological polar surface area (TPSA) is 29.3 Å². The smallest absolute Gasteiger partial charge is 0.0642 e. The molecule has 0 radical (unpaired) electrons. The lowest BCUT2D eigenvalue weighted by molar-refractivity contribution is 0.704. The summed E-state index contributed by atoms with van der Waals surface area (Å²) in [5.41, 5.74) is 8.62. The molecule has 0 atom stereocenters. The van der Waals surface area contributed by atoms with Crippen LogP contribution in [-0.4, -0.2) is 19.6 Å². The fraction of sp³-hybridized carbons (Fsp3) is 0.571. The lowest BCUT2D eigenvalue weighted by Gasteiger charge is -2.21. The Morgan fingerprint density at radius 3 is 2.47 bits per heavy atom. The summed E-state index contributed by atoms with van der Waals surface area (Å²) >= 11 is 6.42. The standard InChI is InChI=1S/C14H19ClN2/c15-12-9-11(14(10-16)5-6-14)3-4-13(12)17-7-1-2-8-17/h3-4,9H,1-2,5-8,10,16H2. The number of nitrogens with zero attached hydrogens (tertiary/aromatic N) is 1. The average Bonchev–Trinajstić information content (AvgIpc) is 2.97. The zero-order valence-electron chi connectivity index (χ0n) is 10.1. The molecule has 2 fully saturated rings. The Balaban J connectivity index is 1.88. The van der Waals surface area contributed by atoms with E-state index in [2.05, 4.69) is 23.1 Å². The quantitative estimate of drug-likeness (QED) is 0.894. The molecule has 2 nitrogen and oxygen atoms in total. The van der Waals surface area contributed by atoms with Crippen LogP contribution >= 0.6 is 11.6 Å². The van der Waals surface area contributed by atoms with Crippen molar-refractivity contribution in [1.29, 1.82) is 0 Å². The van der Waals surface area contributed by atoms with Gasteiger partial charge in [0.25, 0.3) is 0 Å². The molecule has 1 aromatic carbocycles. The minimum atomic E-state index is 0.243. The highest BCUT2D eigenvalue weighted by atomic mass is 35.5. The predicted molar refractivity (Wildman–Crippen MR) is 72.9 cm³/mol. The van der Waals surface area contributed by atoms with Gasteiger partial charge in [-0.25, -0.2) is 0 Å². The largest absolute Gasteiger partial charge is 0.370 e. The molecular weight excluding hydrogens is 232 g/mol. The van der Waals surface area contributed by atoms with Crippen LogP contribution in [0.1, 0.15) is 31.2 Å². The van der Waals surface area contributed by atoms with E-state index in [1.807, 2.05) is 0 Å². The second kappa shape index (κ2) is 4.18. The Kier molecular flexibility index (Phi) is 2.80. The van der Waals surface area contributed by atoms with E-state index >= 15 is 0 Å². The summed E-state index contributed by atoms with van der Waals surface area (Å²) < 4.78 is 0. The number of hydrogen-bond acceptors (Lipinski definition) is 2. The molecule has 1 aliphatic carbocycles. The zero-order chi connectivity index (χ0) is 11.9. The fourth-order valence-corrected chi connectivity index (χ4v) is 3.11. The summed E-state index contributed by atoms with van der Waals surface area (Å²) in [5.74, 6) is 0. The van der Waals surface area contributed by atoms with E-state index in [1.54, 1.807) is 0 Å². The third kappa shape index (κ3) is 1.94. The first-order valence-electron chi connectivity index (χ1n) is 6.50. The summed E-state index contributed by atoms with van der Waals surface area (Å²) in [4.78, 5) is 2.38. The van der Waals surface area contributed by atoms with Crippen LogP contribution in [0.25, 0.3) is 0 Å². The van der Waals surface area contributed by atoms with E-state index in [9.17, 15) is 0 Å². The van der Waals surface area contributed by atoms with E-state index in [1.165, 1.54) is 36.9 Å². The average molecular weight is 251 g/mol. The van der Waals surface area contributed by atoms with Crippen molar-refractivity contribution in [1.82, 2.24) is 0 Å². The summed E-state index contributed by atoms with van der Waals surface area (Å²) in [7, 11) is 0. The maximum atomic E-state index is 6.42. The Morgan fingerprint density at radius 1 is 1.24 bits per heavy atom. The minimum Gasteiger partial charge on any atom is -0.370 e. The Hall–Kier alpha value is -0.730. The molecule has 17 heavy (non-hydrogen) atoms. The SMILES string of the molecule is NCC1(c2ccc(N3CCCC3)c(Cl)c2)CC1. The van der Waals surface area contributed by atoms with Crippen molar-refractivity contribution in [3.8, 4) is 0 Å². The highest BCUT2D eigenvalue weighted by molar-refractivity contribution is 6.33. The van der Waals surface area contributed by atoms with Gasteiger partial charge in [-0.1, -0.05) is 17.7 Å². The lowest BCUT2D eigenvalue weighted by atomic mass is 9.96. The van der Waals surface area contributed by atoms with Crippen LogP contribution in [0.15, 0.2) is 18.2 Å². The van der Waals surface area contributed by atoms with Crippen molar-refractivity contribution in [2.45, 2.75) is 31.1 Å². The monoisotopic (exact) mass is 250 g/mol. The minimum absolute atomic E-state index is 0.243. The molecule has 2 N–H and O–H groups in total. The Bertz CT molecular complexity index is 420. The molecule has 3 rings (SSSR count). The molecule has 1 heterocycles. The highest BCUT2D eigenvalue weighted by Crippen LogP contribution is 2.48. The Labute approximate surface area is 108 Å². The number of benzene rings is 1. The van der Waals surface area contributed by atoms with Crippen LogP contribution in [0, 0.1) is 0 Å². The van der Waals surface area contributed by atoms with Gasteiger partial charge in [0, 0.05) is 25.0 Å². The molecule has 92 valence electrons. The van der Waals surface area contributed by atoms with E-state index in [0.29, 0.717) is 0 Å². The van der Waals surface area contributed by atoms with Crippen molar-refractivity contribution >= 4 is 17.3 Å². The van der Waals surface area contributed by atoms with Crippen molar-refractivity contribution in [3.63, 3.8) is 0 Å². The lowest BCUT2D eigenvalue weighted by Crippen LogP contribution is -2.21. The first kappa shape index (κ1) is 11.4. The van der Waals surface area contributed by atoms with Gasteiger partial charge >= 0.3 is 0 Å². The second-order valence-corrected chi connectivity index (χ2v) is 5.75. The molecule has 3 heteroatoms. The summed E-state index contributed by atoms with van der Waals surface area (Å²) in [6.45, 7) is 3.02. The van der Waals surface area contributed by atoms with Crippen LogP contribution in [-0.2, 0) is 5.41 Å². The van der Waals surface area contributed by atoms with Gasteiger partial charge < -0.3 is 10.6 Å². The van der Waals surface area contributed by atoms with E-state index in [0.717, 1.165) is 24.7 Å². The van der Waals surface area contributed by atoms with Gasteiger partial charge in [0.1, 0.15) is 0 Å². The molecule has 0 bridgehead atoms. The van der Waals surface area contributed by atoms with Crippen molar-refractivity contribution in [3.05, 3.63) is 28.8 Å². The molecule has 0 aromatic heterocycles. The van der Waals surface area contributed by atoms with Gasteiger partial charge in [0.15, 0.2) is 0 Å². The number of anilines is 1. The van der Waals surface area contributed by atoms with Crippen LogP contribution < -0.4 is 10.6 Å². The zero-order valence-corrected chi connectivity index (χ0v) is 10.8. The molecule has 0 spiro atoms. The summed E-state index contributed by atoms with van der Waals surface area (Å²) in [5, 5.41) is 0.893. The van der Waals surface area contributed by atoms with Crippen molar-refractivity contribution < 1.29 is 0 Å². The first-order valence-corrected chi connectivity index (χ1v) is 6.88. The van der Waals surface area contributed by atoms with Crippen LogP contribution in [0.4, 0.5) is 5.69 Å². The third-order valence-corrected chi connectivity index (χ3v) is 4.55. The molecular formula is C14H19ClN2. The van der Waals surface area contributed by atoms with Gasteiger partial charge in [-0.3, -0.25) is 0 Å². The van der Waals surface area contributed by atoms with Crippen LogP contribution in [0.2, 0.25) is 5.02 Å². The van der Waals surface area contributed by atoms with Gasteiger partial charge in [0.2, 0.25) is 0 Å². The molecule has 1 saturated heterocycles. The highest BCUT2D eigenvalue weighted by Gasteiger charge is 2.43. The number of halogens is 1. The fourth-order valence-electron chi connectivity index (χ4n) is 2.81. The van der Waals surface area contributed by atoms with Gasteiger partial charge in [-0.15, -0.1) is 0 Å². The van der Waals surface area contributed by atoms with Crippen molar-refractivity contribution in [2.24, 2.45) is 5.73 Å². The van der Waals surface area contributed by atoms with Crippen molar-refractivity contribution in [2.75, 3.05) is 24.5 Å². The van der Waals surface area contributed by atoms with E-state index in [4.69, 9.17) is 17.3 Å². The van der Waals surface area contributed by atoms with Gasteiger partial charge in [0.05, 0.1) is 10.7 Å². The molecule has 1 aliphatic heterocycles. The second-order valence-electron chi connectivity index (χ2n) is 5.34. The summed E-state index contributed by atoms with van der Waals surface area (Å²) in [6.07, 6.45) is 4.99. The number of hydrogen-bond donors (Lipinski definition) is 1. The predicted octanol–water partition coefficient (Wildman–Crippen LogP) is 2.93. The van der Waals surface area contributed by atoms with Gasteiger partial charge in [-0.05, 0) is 43.4 Å². The Morgan fingerprint density at radius 2 is 1.94 bits per heavy atom. The third-order valence-electron chi connectivity index (χ3n) is 4.25. The number of rotatable bonds is 3. The van der Waals surface area contributed by atoms with Crippen LogP contribution in [0.3, 0.4) is 0 Å².